The maximum atomic E-state index is 11.6. The number of aliphatic carboxylic acids is 1. The number of ether oxygens (including phenoxy) is 1. The van der Waals surface area contributed by atoms with Crippen LogP contribution in [0.15, 0.2) is 6.20 Å². The molecule has 0 saturated heterocycles. The van der Waals surface area contributed by atoms with E-state index in [1.165, 1.54) is 4.68 Å². The molecule has 8 heteroatoms. The third-order valence-corrected chi connectivity index (χ3v) is 2.56. The second-order valence-corrected chi connectivity index (χ2v) is 5.75. The number of halogens is 1. The normalized spacial score (nSPS) is 12.8. The fourth-order valence-electron chi connectivity index (χ4n) is 1.49. The van der Waals surface area contributed by atoms with Crippen molar-refractivity contribution in [3.63, 3.8) is 0 Å². The van der Waals surface area contributed by atoms with Crippen LogP contribution in [0.25, 0.3) is 0 Å². The van der Waals surface area contributed by atoms with Gasteiger partial charge in [-0.25, -0.2) is 9.59 Å². The van der Waals surface area contributed by atoms with Gasteiger partial charge in [0.2, 0.25) is 0 Å². The highest BCUT2D eigenvalue weighted by atomic mass is 35.5. The maximum Gasteiger partial charge on any atom is 0.408 e. The van der Waals surface area contributed by atoms with Crippen LogP contribution in [0, 0.1) is 0 Å². The summed E-state index contributed by atoms with van der Waals surface area (Å²) in [4.78, 5) is 22.8. The Morgan fingerprint density at radius 1 is 1.55 bits per heavy atom. The number of nitrogens with one attached hydrogen (secondary N) is 1. The van der Waals surface area contributed by atoms with E-state index in [0.29, 0.717) is 10.7 Å². The van der Waals surface area contributed by atoms with E-state index in [1.54, 1.807) is 34.0 Å². The van der Waals surface area contributed by atoms with Gasteiger partial charge in [0, 0.05) is 19.7 Å². The lowest BCUT2D eigenvalue weighted by Crippen LogP contribution is -2.44. The number of carbonyl (C=O) groups is 2. The summed E-state index contributed by atoms with van der Waals surface area (Å²) in [6.07, 6.45) is 0.745. The summed E-state index contributed by atoms with van der Waals surface area (Å²) in [7, 11) is 1.67. The van der Waals surface area contributed by atoms with Crippen LogP contribution in [0.2, 0.25) is 5.02 Å². The second-order valence-electron chi connectivity index (χ2n) is 5.34. The maximum absolute atomic E-state index is 11.6. The first-order valence-electron chi connectivity index (χ1n) is 5.99. The molecule has 1 aromatic rings. The number of hydrogen-bond donors (Lipinski definition) is 2. The van der Waals surface area contributed by atoms with Crippen molar-refractivity contribution in [2.75, 3.05) is 0 Å². The number of carboxylic acids is 1. The van der Waals surface area contributed by atoms with E-state index in [-0.39, 0.29) is 6.42 Å². The van der Waals surface area contributed by atoms with Crippen LogP contribution in [0.4, 0.5) is 4.79 Å². The number of amides is 1. The third kappa shape index (κ3) is 5.08. The molecule has 0 radical (unpaired) electrons. The number of alkyl carbamates (subject to hydrolysis) is 1. The van der Waals surface area contributed by atoms with E-state index in [1.807, 2.05) is 0 Å². The van der Waals surface area contributed by atoms with Crippen molar-refractivity contribution in [2.45, 2.75) is 38.8 Å². The molecule has 20 heavy (non-hydrogen) atoms. The van der Waals surface area contributed by atoms with E-state index in [4.69, 9.17) is 21.4 Å². The molecule has 0 spiro atoms. The minimum absolute atomic E-state index is 0.0196. The highest BCUT2D eigenvalue weighted by molar-refractivity contribution is 6.31. The van der Waals surface area contributed by atoms with Gasteiger partial charge in [0.25, 0.3) is 0 Å². The van der Waals surface area contributed by atoms with Crippen LogP contribution >= 0.6 is 11.6 Å². The van der Waals surface area contributed by atoms with Crippen molar-refractivity contribution in [1.29, 1.82) is 0 Å². The number of aromatic nitrogens is 2. The molecule has 1 unspecified atom stereocenters. The van der Waals surface area contributed by atoms with Gasteiger partial charge in [-0.1, -0.05) is 11.6 Å². The number of rotatable bonds is 4. The average molecular weight is 304 g/mol. The fourth-order valence-corrected chi connectivity index (χ4v) is 1.74. The topological polar surface area (TPSA) is 93.5 Å². The molecule has 1 heterocycles. The van der Waals surface area contributed by atoms with E-state index in [9.17, 15) is 9.59 Å². The quantitative estimate of drug-likeness (QED) is 0.881. The molecule has 0 aliphatic heterocycles. The summed E-state index contributed by atoms with van der Waals surface area (Å²) in [5, 5.41) is 15.8. The molecule has 0 saturated carbocycles. The summed E-state index contributed by atoms with van der Waals surface area (Å²) in [6, 6.07) is -1.16. The molecule has 0 aliphatic carbocycles. The Labute approximate surface area is 121 Å². The Morgan fingerprint density at radius 3 is 2.55 bits per heavy atom. The zero-order valence-electron chi connectivity index (χ0n) is 11.8. The van der Waals surface area contributed by atoms with Crippen LogP contribution in [0.5, 0.6) is 0 Å². The van der Waals surface area contributed by atoms with Crippen LogP contribution in [0.1, 0.15) is 26.5 Å². The third-order valence-electron chi connectivity index (χ3n) is 2.24. The first-order valence-corrected chi connectivity index (χ1v) is 6.36. The van der Waals surface area contributed by atoms with Crippen molar-refractivity contribution in [3.8, 4) is 0 Å². The summed E-state index contributed by atoms with van der Waals surface area (Å²) in [5.41, 5.74) is -0.298. The summed E-state index contributed by atoms with van der Waals surface area (Å²) in [5.74, 6) is -1.18. The van der Waals surface area contributed by atoms with E-state index in [0.717, 1.165) is 0 Å². The van der Waals surface area contributed by atoms with Crippen molar-refractivity contribution >= 4 is 23.7 Å². The van der Waals surface area contributed by atoms with Crippen molar-refractivity contribution in [2.24, 2.45) is 7.05 Å². The van der Waals surface area contributed by atoms with Crippen molar-refractivity contribution in [3.05, 3.63) is 16.9 Å². The van der Waals surface area contributed by atoms with Crippen LogP contribution < -0.4 is 5.32 Å². The van der Waals surface area contributed by atoms with Crippen LogP contribution in [-0.2, 0) is 23.0 Å². The largest absolute Gasteiger partial charge is 0.480 e. The summed E-state index contributed by atoms with van der Waals surface area (Å²) < 4.78 is 6.50. The number of hydrogen-bond acceptors (Lipinski definition) is 4. The average Bonchev–Trinajstić information content (AvgIpc) is 2.53. The molecular weight excluding hydrogens is 286 g/mol. The Morgan fingerprint density at radius 2 is 2.15 bits per heavy atom. The van der Waals surface area contributed by atoms with Gasteiger partial charge in [-0.2, -0.15) is 5.10 Å². The number of nitrogens with zero attached hydrogens (tertiary/aromatic N) is 2. The van der Waals surface area contributed by atoms with Gasteiger partial charge in [-0.05, 0) is 20.8 Å². The fraction of sp³-hybridized carbons (Fsp3) is 0.583. The predicted octanol–water partition coefficient (Wildman–Crippen LogP) is 1.59. The molecule has 7 nitrogen and oxygen atoms in total. The molecule has 1 amide bonds. The Balaban J connectivity index is 2.73. The zero-order chi connectivity index (χ0) is 15.5. The molecule has 0 fully saturated rings. The lowest BCUT2D eigenvalue weighted by atomic mass is 10.1. The molecule has 1 rings (SSSR count). The van der Waals surface area contributed by atoms with E-state index >= 15 is 0 Å². The SMILES string of the molecule is Cn1cc(Cl)c(CC(NC(=O)OC(C)(C)C)C(=O)O)n1. The monoisotopic (exact) mass is 303 g/mol. The molecule has 0 aliphatic rings. The summed E-state index contributed by atoms with van der Waals surface area (Å²) >= 11 is 5.92. The first kappa shape index (κ1) is 16.3. The first-order chi connectivity index (χ1) is 9.08. The zero-order valence-corrected chi connectivity index (χ0v) is 12.6. The molecule has 112 valence electrons. The van der Waals surface area contributed by atoms with Crippen LogP contribution in [-0.4, -0.2) is 38.6 Å². The highest BCUT2D eigenvalue weighted by Gasteiger charge is 2.25. The molecule has 0 aromatic carbocycles. The van der Waals surface area contributed by atoms with Gasteiger partial charge < -0.3 is 15.2 Å². The lowest BCUT2D eigenvalue weighted by Gasteiger charge is -2.21. The van der Waals surface area contributed by atoms with Crippen molar-refractivity contribution < 1.29 is 19.4 Å². The Bertz CT molecular complexity index is 507. The van der Waals surface area contributed by atoms with E-state index < -0.39 is 23.7 Å². The molecular formula is C12H18ClN3O4. The highest BCUT2D eigenvalue weighted by Crippen LogP contribution is 2.15. The van der Waals surface area contributed by atoms with Gasteiger partial charge in [0.15, 0.2) is 0 Å². The van der Waals surface area contributed by atoms with Gasteiger partial charge in [0.1, 0.15) is 11.6 Å². The Hall–Kier alpha value is -1.76. The van der Waals surface area contributed by atoms with Gasteiger partial charge >= 0.3 is 12.1 Å². The number of aryl methyl sites for hydroxylation is 1. The van der Waals surface area contributed by atoms with Crippen LogP contribution in [0.3, 0.4) is 0 Å². The standard InChI is InChI=1S/C12H18ClN3O4/c1-12(2,3)20-11(19)14-9(10(17)18)5-8-7(13)6-16(4)15-8/h6,9H,5H2,1-4H3,(H,14,19)(H,17,18). The molecule has 1 aromatic heterocycles. The molecule has 0 bridgehead atoms. The number of carboxylic acid groups (broad SMARTS) is 1. The van der Waals surface area contributed by atoms with Crippen molar-refractivity contribution in [1.82, 2.24) is 15.1 Å². The summed E-state index contributed by atoms with van der Waals surface area (Å²) in [6.45, 7) is 5.08. The predicted molar refractivity (Wildman–Crippen MR) is 72.7 cm³/mol. The minimum atomic E-state index is -1.18. The molecule has 1 atom stereocenters. The number of carbonyl (C=O) groups excluding carboxylic acids is 1. The van der Waals surface area contributed by atoms with E-state index in [2.05, 4.69) is 10.4 Å². The Kier molecular flexibility index (Phi) is 4.99. The molecule has 2 N–H and O–H groups in total. The minimum Gasteiger partial charge on any atom is -0.480 e. The van der Waals surface area contributed by atoms with Gasteiger partial charge in [0.05, 0.1) is 10.7 Å². The lowest BCUT2D eigenvalue weighted by molar-refractivity contribution is -0.139. The second kappa shape index (κ2) is 6.13. The van der Waals surface area contributed by atoms with Gasteiger partial charge in [-0.15, -0.1) is 0 Å². The van der Waals surface area contributed by atoms with Gasteiger partial charge in [-0.3, -0.25) is 4.68 Å². The smallest absolute Gasteiger partial charge is 0.408 e.